The molecule has 0 N–H and O–H groups in total. The highest BCUT2D eigenvalue weighted by molar-refractivity contribution is 7.98. The van der Waals surface area contributed by atoms with Gasteiger partial charge in [0.25, 0.3) is 0 Å². The van der Waals surface area contributed by atoms with Gasteiger partial charge in [0.2, 0.25) is 5.16 Å². The second-order valence-corrected chi connectivity index (χ2v) is 7.05. The smallest absolute Gasteiger partial charge is 0.209 e. The molecule has 0 spiro atoms. The number of nitrogens with zero attached hydrogens (tertiary/aromatic N) is 5. The lowest BCUT2D eigenvalue weighted by Crippen LogP contribution is -2.08. The Morgan fingerprint density at radius 1 is 1.36 bits per heavy atom. The maximum absolute atomic E-state index is 5.37. The highest BCUT2D eigenvalue weighted by Crippen LogP contribution is 2.33. The van der Waals surface area contributed by atoms with Crippen LogP contribution in [-0.2, 0) is 5.75 Å². The Morgan fingerprint density at radius 2 is 2.27 bits per heavy atom. The summed E-state index contributed by atoms with van der Waals surface area (Å²) in [5.74, 6) is 1.58. The van der Waals surface area contributed by atoms with Crippen molar-refractivity contribution in [2.24, 2.45) is 0 Å². The molecule has 22 heavy (non-hydrogen) atoms. The number of thiazole rings is 1. The predicted molar refractivity (Wildman–Crippen MR) is 84.7 cm³/mol. The van der Waals surface area contributed by atoms with E-state index in [1.807, 2.05) is 16.8 Å². The Kier molecular flexibility index (Phi) is 3.94. The van der Waals surface area contributed by atoms with Crippen LogP contribution in [0.5, 0.6) is 0 Å². The number of hydrogen-bond donors (Lipinski definition) is 0. The van der Waals surface area contributed by atoms with Gasteiger partial charge < -0.3 is 4.42 Å². The summed E-state index contributed by atoms with van der Waals surface area (Å²) in [7, 11) is 0. The van der Waals surface area contributed by atoms with Gasteiger partial charge >= 0.3 is 0 Å². The Balaban J connectivity index is 1.44. The Hall–Kier alpha value is -1.67. The van der Waals surface area contributed by atoms with E-state index in [9.17, 15) is 0 Å². The highest BCUT2D eigenvalue weighted by atomic mass is 32.2. The summed E-state index contributed by atoms with van der Waals surface area (Å²) in [6.07, 6.45) is 6.57. The summed E-state index contributed by atoms with van der Waals surface area (Å²) < 4.78 is 7.36. The highest BCUT2D eigenvalue weighted by Gasteiger charge is 2.21. The first-order valence-electron chi connectivity index (χ1n) is 7.29. The van der Waals surface area contributed by atoms with Crippen LogP contribution in [0.3, 0.4) is 0 Å². The van der Waals surface area contributed by atoms with Crippen molar-refractivity contribution in [2.75, 3.05) is 0 Å². The summed E-state index contributed by atoms with van der Waals surface area (Å²) in [6, 6.07) is 4.27. The molecular weight excluding hydrogens is 318 g/mol. The fourth-order valence-electron chi connectivity index (χ4n) is 2.68. The molecule has 6 nitrogen and oxygen atoms in total. The fraction of sp³-hybridized carbons (Fsp3) is 0.429. The molecule has 3 aromatic rings. The predicted octanol–water partition coefficient (Wildman–Crippen LogP) is 3.80. The zero-order valence-corrected chi connectivity index (χ0v) is 13.5. The van der Waals surface area contributed by atoms with Crippen LogP contribution in [0.25, 0.3) is 10.8 Å². The minimum atomic E-state index is 0.464. The summed E-state index contributed by atoms with van der Waals surface area (Å²) in [6.45, 7) is 0. The third-order valence-electron chi connectivity index (χ3n) is 3.77. The van der Waals surface area contributed by atoms with Crippen LogP contribution >= 0.6 is 23.1 Å². The van der Waals surface area contributed by atoms with Crippen LogP contribution in [0.15, 0.2) is 33.3 Å². The van der Waals surface area contributed by atoms with Crippen molar-refractivity contribution in [1.29, 1.82) is 0 Å². The lowest BCUT2D eigenvalue weighted by atomic mass is 10.3. The van der Waals surface area contributed by atoms with Gasteiger partial charge in [-0.15, -0.1) is 16.4 Å². The number of tetrazole rings is 1. The van der Waals surface area contributed by atoms with Crippen molar-refractivity contribution in [3.63, 3.8) is 0 Å². The molecule has 0 amide bonds. The average Bonchev–Trinajstić information content (AvgIpc) is 3.33. The molecule has 8 heteroatoms. The van der Waals surface area contributed by atoms with E-state index in [4.69, 9.17) is 4.42 Å². The number of aromatic nitrogens is 5. The van der Waals surface area contributed by atoms with E-state index in [0.29, 0.717) is 6.04 Å². The van der Waals surface area contributed by atoms with E-state index < -0.39 is 0 Å². The van der Waals surface area contributed by atoms with E-state index in [2.05, 4.69) is 25.9 Å². The third kappa shape index (κ3) is 2.80. The van der Waals surface area contributed by atoms with E-state index in [-0.39, 0.29) is 0 Å². The first-order chi connectivity index (χ1) is 10.9. The summed E-state index contributed by atoms with van der Waals surface area (Å²) in [5, 5.41) is 16.0. The fourth-order valence-corrected chi connectivity index (χ4v) is 4.41. The summed E-state index contributed by atoms with van der Waals surface area (Å²) >= 11 is 3.24. The first-order valence-corrected chi connectivity index (χ1v) is 9.15. The zero-order valence-electron chi connectivity index (χ0n) is 11.9. The Morgan fingerprint density at radius 3 is 3.09 bits per heavy atom. The number of furan rings is 1. The molecule has 0 aromatic carbocycles. The van der Waals surface area contributed by atoms with Gasteiger partial charge in [-0.1, -0.05) is 24.6 Å². The van der Waals surface area contributed by atoms with Crippen LogP contribution in [-0.4, -0.2) is 25.2 Å². The second kappa shape index (κ2) is 6.21. The average molecular weight is 333 g/mol. The number of thioether (sulfide) groups is 1. The van der Waals surface area contributed by atoms with E-state index in [1.165, 1.54) is 25.7 Å². The minimum absolute atomic E-state index is 0.464. The van der Waals surface area contributed by atoms with Crippen molar-refractivity contribution in [3.8, 4) is 10.8 Å². The minimum Gasteiger partial charge on any atom is -0.462 e. The molecular formula is C14H15N5OS2. The lowest BCUT2D eigenvalue weighted by molar-refractivity contribution is 0.423. The molecule has 1 saturated carbocycles. The molecule has 3 aromatic heterocycles. The standard InChI is InChI=1S/C14H15N5OS2/c1-2-5-11(4-1)19-14(16-17-18-19)22-9-10-8-21-13(15-10)12-6-3-7-20-12/h3,6-8,11H,1-2,4-5,9H2. The first kappa shape index (κ1) is 14.0. The van der Waals surface area contributed by atoms with Crippen molar-refractivity contribution < 1.29 is 4.42 Å². The topological polar surface area (TPSA) is 69.6 Å². The van der Waals surface area contributed by atoms with Crippen LogP contribution in [0.2, 0.25) is 0 Å². The molecule has 0 radical (unpaired) electrons. The normalized spacial score (nSPS) is 15.6. The van der Waals surface area contributed by atoms with E-state index >= 15 is 0 Å². The van der Waals surface area contributed by atoms with Gasteiger partial charge in [0.05, 0.1) is 18.0 Å². The molecule has 0 atom stereocenters. The van der Waals surface area contributed by atoms with Crippen molar-refractivity contribution >= 4 is 23.1 Å². The van der Waals surface area contributed by atoms with E-state index in [0.717, 1.165) is 27.4 Å². The summed E-state index contributed by atoms with van der Waals surface area (Å²) in [5.41, 5.74) is 1.03. The quantitative estimate of drug-likeness (QED) is 0.662. The molecule has 114 valence electrons. The molecule has 1 aliphatic rings. The number of hydrogen-bond acceptors (Lipinski definition) is 7. The lowest BCUT2D eigenvalue weighted by Gasteiger charge is -2.10. The Labute approximate surface area is 135 Å². The molecule has 1 aliphatic carbocycles. The molecule has 0 aliphatic heterocycles. The van der Waals surface area contributed by atoms with Gasteiger partial charge in [-0.3, -0.25) is 0 Å². The van der Waals surface area contributed by atoms with Crippen LogP contribution in [0, 0.1) is 0 Å². The monoisotopic (exact) mass is 333 g/mol. The second-order valence-electron chi connectivity index (χ2n) is 5.25. The van der Waals surface area contributed by atoms with E-state index in [1.54, 1.807) is 29.4 Å². The maximum Gasteiger partial charge on any atom is 0.209 e. The zero-order chi connectivity index (χ0) is 14.8. The molecule has 0 unspecified atom stereocenters. The van der Waals surface area contributed by atoms with Gasteiger partial charge in [-0.05, 0) is 35.4 Å². The van der Waals surface area contributed by atoms with Crippen molar-refractivity contribution in [1.82, 2.24) is 25.2 Å². The molecule has 4 rings (SSSR count). The maximum atomic E-state index is 5.37. The molecule has 3 heterocycles. The van der Waals surface area contributed by atoms with Gasteiger partial charge in [-0.2, -0.15) is 0 Å². The molecule has 0 saturated heterocycles. The Bertz CT molecular complexity index is 730. The van der Waals surface area contributed by atoms with Gasteiger partial charge in [0.15, 0.2) is 10.8 Å². The van der Waals surface area contributed by atoms with Crippen molar-refractivity contribution in [3.05, 3.63) is 29.5 Å². The van der Waals surface area contributed by atoms with Gasteiger partial charge in [0.1, 0.15) is 0 Å². The van der Waals surface area contributed by atoms with Crippen LogP contribution in [0.4, 0.5) is 0 Å². The SMILES string of the molecule is c1coc(-c2nc(CSc3nnnn3C3CCCC3)cs2)c1. The molecule has 1 fully saturated rings. The third-order valence-corrected chi connectivity index (χ3v) is 5.64. The van der Waals surface area contributed by atoms with Crippen LogP contribution in [0.1, 0.15) is 37.4 Å². The van der Waals surface area contributed by atoms with Gasteiger partial charge in [0, 0.05) is 11.1 Å². The van der Waals surface area contributed by atoms with Crippen LogP contribution < -0.4 is 0 Å². The largest absolute Gasteiger partial charge is 0.462 e. The molecule has 0 bridgehead atoms. The summed E-state index contributed by atoms with van der Waals surface area (Å²) in [4.78, 5) is 4.61. The van der Waals surface area contributed by atoms with Gasteiger partial charge in [-0.25, -0.2) is 9.67 Å². The van der Waals surface area contributed by atoms with Crippen molar-refractivity contribution in [2.45, 2.75) is 42.6 Å². The number of rotatable bonds is 5.